The van der Waals surface area contributed by atoms with E-state index in [4.69, 9.17) is 0 Å². The number of hydrogen-bond donors (Lipinski definition) is 0. The molecule has 0 spiro atoms. The molecule has 0 atom stereocenters. The van der Waals surface area contributed by atoms with Gasteiger partial charge in [-0.05, 0) is 38.0 Å². The van der Waals surface area contributed by atoms with Crippen LogP contribution in [0.1, 0.15) is 53.9 Å². The molecule has 12 heavy (non-hydrogen) atoms. The van der Waals surface area contributed by atoms with Gasteiger partial charge in [-0.2, -0.15) is 0 Å². The lowest BCUT2D eigenvalue weighted by atomic mass is 10.0. The average molecular weight is 168 g/mol. The van der Waals surface area contributed by atoms with Gasteiger partial charge in [-0.25, -0.2) is 0 Å². The van der Waals surface area contributed by atoms with Crippen LogP contribution in [0.5, 0.6) is 0 Å². The molecule has 0 N–H and O–H groups in total. The van der Waals surface area contributed by atoms with Crippen LogP contribution in [-0.2, 0) is 0 Å². The Bertz CT molecular complexity index is 129. The lowest BCUT2D eigenvalue weighted by Gasteiger charge is -2.05. The fraction of sp³-hybridized carbons (Fsp3) is 0.833. The fourth-order valence-electron chi connectivity index (χ4n) is 1.06. The van der Waals surface area contributed by atoms with Crippen molar-refractivity contribution in [2.45, 2.75) is 53.9 Å². The summed E-state index contributed by atoms with van der Waals surface area (Å²) >= 11 is 0. The Morgan fingerprint density at radius 1 is 1.08 bits per heavy atom. The van der Waals surface area contributed by atoms with E-state index in [0.717, 1.165) is 11.8 Å². The number of hydrogen-bond acceptors (Lipinski definition) is 0. The van der Waals surface area contributed by atoms with Crippen LogP contribution in [0.4, 0.5) is 0 Å². The van der Waals surface area contributed by atoms with E-state index in [-0.39, 0.29) is 0 Å². The number of allylic oxidation sites excluding steroid dienone is 2. The van der Waals surface area contributed by atoms with E-state index in [1.54, 1.807) is 5.57 Å². The highest BCUT2D eigenvalue weighted by atomic mass is 14.0. The van der Waals surface area contributed by atoms with E-state index >= 15 is 0 Å². The molecule has 0 unspecified atom stereocenters. The molecule has 0 amide bonds. The molecule has 0 aliphatic heterocycles. The summed E-state index contributed by atoms with van der Waals surface area (Å²) in [5, 5.41) is 0. The van der Waals surface area contributed by atoms with E-state index in [9.17, 15) is 0 Å². The minimum atomic E-state index is 0.805. The second-order valence-corrected chi connectivity index (χ2v) is 4.61. The topological polar surface area (TPSA) is 0 Å². The van der Waals surface area contributed by atoms with E-state index in [0.29, 0.717) is 0 Å². The standard InChI is InChI=1S/C12H24/c1-10(2)6-8-12(5)9-7-11(3)4/h8,10-11H,6-7,9H2,1-5H3. The molecule has 0 heterocycles. The predicted molar refractivity (Wildman–Crippen MR) is 57.3 cm³/mol. The Hall–Kier alpha value is -0.260. The van der Waals surface area contributed by atoms with Gasteiger partial charge >= 0.3 is 0 Å². The summed E-state index contributed by atoms with van der Waals surface area (Å²) in [5.74, 6) is 1.64. The Labute approximate surface area is 78.1 Å². The van der Waals surface area contributed by atoms with Gasteiger partial charge in [0, 0.05) is 0 Å². The summed E-state index contributed by atoms with van der Waals surface area (Å²) in [4.78, 5) is 0. The molecule has 0 saturated heterocycles. The minimum Gasteiger partial charge on any atom is -0.0854 e. The van der Waals surface area contributed by atoms with Crippen LogP contribution in [0, 0.1) is 11.8 Å². The monoisotopic (exact) mass is 168 g/mol. The minimum absolute atomic E-state index is 0.805. The third-order valence-electron chi connectivity index (χ3n) is 2.05. The van der Waals surface area contributed by atoms with Gasteiger partial charge in [0.05, 0.1) is 0 Å². The highest BCUT2D eigenvalue weighted by molar-refractivity contribution is 4.98. The lowest BCUT2D eigenvalue weighted by Crippen LogP contribution is -1.89. The molecule has 0 aliphatic rings. The normalized spacial score (nSPS) is 13.1. The van der Waals surface area contributed by atoms with Gasteiger partial charge in [-0.15, -0.1) is 0 Å². The average Bonchev–Trinajstić information content (AvgIpc) is 1.96. The van der Waals surface area contributed by atoms with Gasteiger partial charge in [-0.3, -0.25) is 0 Å². The molecule has 0 fully saturated rings. The molecule has 0 rings (SSSR count). The Morgan fingerprint density at radius 3 is 2.08 bits per heavy atom. The van der Waals surface area contributed by atoms with Gasteiger partial charge in [0.1, 0.15) is 0 Å². The summed E-state index contributed by atoms with van der Waals surface area (Å²) in [6, 6.07) is 0. The van der Waals surface area contributed by atoms with Crippen molar-refractivity contribution >= 4 is 0 Å². The molecule has 0 aliphatic carbocycles. The molecule has 0 aromatic carbocycles. The zero-order valence-corrected chi connectivity index (χ0v) is 9.35. The van der Waals surface area contributed by atoms with Gasteiger partial charge in [-0.1, -0.05) is 39.3 Å². The summed E-state index contributed by atoms with van der Waals surface area (Å²) in [7, 11) is 0. The summed E-state index contributed by atoms with van der Waals surface area (Å²) < 4.78 is 0. The first-order valence-electron chi connectivity index (χ1n) is 5.18. The third-order valence-corrected chi connectivity index (χ3v) is 2.05. The van der Waals surface area contributed by atoms with Crippen molar-refractivity contribution in [3.05, 3.63) is 11.6 Å². The lowest BCUT2D eigenvalue weighted by molar-refractivity contribution is 0.581. The molecular weight excluding hydrogens is 144 g/mol. The van der Waals surface area contributed by atoms with E-state index in [1.165, 1.54) is 19.3 Å². The fourth-order valence-corrected chi connectivity index (χ4v) is 1.06. The maximum Gasteiger partial charge on any atom is -0.0321 e. The maximum absolute atomic E-state index is 2.40. The van der Waals surface area contributed by atoms with Crippen LogP contribution in [0.15, 0.2) is 11.6 Å². The van der Waals surface area contributed by atoms with Gasteiger partial charge in [0.15, 0.2) is 0 Å². The zero-order valence-electron chi connectivity index (χ0n) is 9.35. The van der Waals surface area contributed by atoms with Crippen molar-refractivity contribution in [2.24, 2.45) is 11.8 Å². The Kier molecular flexibility index (Phi) is 6.14. The van der Waals surface area contributed by atoms with Crippen molar-refractivity contribution in [1.82, 2.24) is 0 Å². The molecule has 0 aromatic heterocycles. The van der Waals surface area contributed by atoms with Crippen LogP contribution in [0.25, 0.3) is 0 Å². The van der Waals surface area contributed by atoms with Crippen molar-refractivity contribution in [3.8, 4) is 0 Å². The quantitative estimate of drug-likeness (QED) is 0.533. The smallest absolute Gasteiger partial charge is 0.0321 e. The molecule has 0 nitrogen and oxygen atoms in total. The summed E-state index contributed by atoms with van der Waals surface area (Å²) in [6.45, 7) is 11.4. The largest absolute Gasteiger partial charge is 0.0854 e. The summed E-state index contributed by atoms with van der Waals surface area (Å²) in [6.07, 6.45) is 6.25. The SMILES string of the molecule is CC(=CCC(C)C)CCC(C)C. The van der Waals surface area contributed by atoms with Gasteiger partial charge in [0.2, 0.25) is 0 Å². The number of rotatable bonds is 5. The maximum atomic E-state index is 2.40. The first-order valence-corrected chi connectivity index (χ1v) is 5.18. The molecule has 72 valence electrons. The van der Waals surface area contributed by atoms with Crippen molar-refractivity contribution in [2.75, 3.05) is 0 Å². The third kappa shape index (κ3) is 7.84. The molecule has 0 bridgehead atoms. The van der Waals surface area contributed by atoms with Crippen molar-refractivity contribution in [3.63, 3.8) is 0 Å². The predicted octanol–water partition coefficient (Wildman–Crippen LogP) is 4.42. The summed E-state index contributed by atoms with van der Waals surface area (Å²) in [5.41, 5.74) is 1.57. The second kappa shape index (κ2) is 6.28. The van der Waals surface area contributed by atoms with Crippen molar-refractivity contribution < 1.29 is 0 Å². The Balaban J connectivity index is 3.56. The van der Waals surface area contributed by atoms with Gasteiger partial charge in [0.25, 0.3) is 0 Å². The van der Waals surface area contributed by atoms with Crippen LogP contribution in [-0.4, -0.2) is 0 Å². The molecular formula is C12H24. The highest BCUT2D eigenvalue weighted by Gasteiger charge is 1.96. The molecule has 0 radical (unpaired) electrons. The van der Waals surface area contributed by atoms with Crippen LogP contribution in [0.2, 0.25) is 0 Å². The zero-order chi connectivity index (χ0) is 9.56. The molecule has 0 aromatic rings. The Morgan fingerprint density at radius 2 is 1.67 bits per heavy atom. The van der Waals surface area contributed by atoms with Crippen molar-refractivity contribution in [1.29, 1.82) is 0 Å². The van der Waals surface area contributed by atoms with Gasteiger partial charge < -0.3 is 0 Å². The van der Waals surface area contributed by atoms with Crippen LogP contribution < -0.4 is 0 Å². The molecule has 0 heteroatoms. The van der Waals surface area contributed by atoms with Crippen LogP contribution >= 0.6 is 0 Å². The first kappa shape index (κ1) is 11.7. The highest BCUT2D eigenvalue weighted by Crippen LogP contribution is 2.12. The van der Waals surface area contributed by atoms with E-state index < -0.39 is 0 Å². The second-order valence-electron chi connectivity index (χ2n) is 4.61. The van der Waals surface area contributed by atoms with E-state index in [2.05, 4.69) is 40.7 Å². The van der Waals surface area contributed by atoms with E-state index in [1.807, 2.05) is 0 Å². The van der Waals surface area contributed by atoms with Crippen LogP contribution in [0.3, 0.4) is 0 Å². The molecule has 0 saturated carbocycles. The first-order chi connectivity index (χ1) is 5.52.